The van der Waals surface area contributed by atoms with Gasteiger partial charge in [0.25, 0.3) is 5.91 Å². The van der Waals surface area contributed by atoms with Gasteiger partial charge in [-0.15, -0.1) is 0 Å². The van der Waals surface area contributed by atoms with E-state index in [1.807, 2.05) is 0 Å². The zero-order valence-corrected chi connectivity index (χ0v) is 9.79. The van der Waals surface area contributed by atoms with Crippen LogP contribution in [0, 0.1) is 0 Å². The summed E-state index contributed by atoms with van der Waals surface area (Å²) >= 11 is 0. The first-order valence-corrected chi connectivity index (χ1v) is 5.20. The van der Waals surface area contributed by atoms with E-state index in [4.69, 9.17) is 10.5 Å². The first kappa shape index (κ1) is 13.7. The topological polar surface area (TPSA) is 95.7 Å². The lowest BCUT2D eigenvalue weighted by Gasteiger charge is -2.11. The first-order valence-electron chi connectivity index (χ1n) is 5.20. The predicted octanol–water partition coefficient (Wildman–Crippen LogP) is 0.295. The summed E-state index contributed by atoms with van der Waals surface area (Å²) in [5.41, 5.74) is 5.26. The maximum Gasteiger partial charge on any atom is 0.344 e. The van der Waals surface area contributed by atoms with Crippen molar-refractivity contribution in [2.45, 2.75) is 13.0 Å². The average Bonchev–Trinajstić information content (AvgIpc) is 2.36. The molecule has 0 saturated carbocycles. The highest BCUT2D eigenvalue weighted by molar-refractivity contribution is 5.82. The number of esters is 1. The van der Waals surface area contributed by atoms with Crippen LogP contribution in [0.1, 0.15) is 17.3 Å². The van der Waals surface area contributed by atoms with E-state index in [0.717, 1.165) is 0 Å². The second-order valence-corrected chi connectivity index (χ2v) is 3.48. The quantitative estimate of drug-likeness (QED) is 0.579. The molecule has 1 aromatic rings. The molecule has 0 unspecified atom stereocenters. The van der Waals surface area contributed by atoms with Crippen molar-refractivity contribution in [1.82, 2.24) is 0 Å². The minimum Gasteiger partial charge on any atom is -0.481 e. The van der Waals surface area contributed by atoms with Gasteiger partial charge < -0.3 is 15.2 Å². The number of amides is 1. The summed E-state index contributed by atoms with van der Waals surface area (Å²) in [5, 5.41) is 0. The van der Waals surface area contributed by atoms with Gasteiger partial charge in [-0.25, -0.2) is 4.79 Å². The van der Waals surface area contributed by atoms with Crippen LogP contribution in [-0.2, 0) is 14.3 Å². The van der Waals surface area contributed by atoms with Gasteiger partial charge in [-0.1, -0.05) is 12.1 Å². The highest BCUT2D eigenvalue weighted by Gasteiger charge is 2.15. The fourth-order valence-electron chi connectivity index (χ4n) is 1.14. The molecule has 2 N–H and O–H groups in total. The third-order valence-electron chi connectivity index (χ3n) is 2.10. The van der Waals surface area contributed by atoms with Crippen LogP contribution in [-0.4, -0.2) is 30.9 Å². The van der Waals surface area contributed by atoms with Gasteiger partial charge >= 0.3 is 5.97 Å². The van der Waals surface area contributed by atoms with E-state index in [-0.39, 0.29) is 5.75 Å². The van der Waals surface area contributed by atoms with Crippen molar-refractivity contribution in [2.75, 3.05) is 6.61 Å². The Kier molecular flexibility index (Phi) is 4.86. The summed E-state index contributed by atoms with van der Waals surface area (Å²) in [4.78, 5) is 32.6. The monoisotopic (exact) mass is 251 g/mol. The number of benzene rings is 1. The van der Waals surface area contributed by atoms with E-state index in [2.05, 4.69) is 4.74 Å². The minimum atomic E-state index is -1.01. The molecule has 0 aliphatic carbocycles. The Morgan fingerprint density at radius 2 is 2.06 bits per heavy atom. The summed E-state index contributed by atoms with van der Waals surface area (Å²) in [6.45, 7) is 0.960. The second-order valence-electron chi connectivity index (χ2n) is 3.48. The molecule has 1 atom stereocenters. The smallest absolute Gasteiger partial charge is 0.344 e. The predicted molar refractivity (Wildman–Crippen MR) is 62.1 cm³/mol. The van der Waals surface area contributed by atoms with Crippen molar-refractivity contribution in [3.63, 3.8) is 0 Å². The Morgan fingerprint density at radius 1 is 1.39 bits per heavy atom. The van der Waals surface area contributed by atoms with Crippen molar-refractivity contribution >= 4 is 18.2 Å². The van der Waals surface area contributed by atoms with Gasteiger partial charge in [0.1, 0.15) is 5.75 Å². The summed E-state index contributed by atoms with van der Waals surface area (Å²) < 4.78 is 9.79. The zero-order valence-electron chi connectivity index (χ0n) is 9.79. The summed E-state index contributed by atoms with van der Waals surface area (Å²) in [6, 6.07) is 6.44. The maximum absolute atomic E-state index is 11.3. The summed E-state index contributed by atoms with van der Waals surface area (Å²) in [6.07, 6.45) is -0.394. The van der Waals surface area contributed by atoms with Crippen LogP contribution in [0.4, 0.5) is 0 Å². The molecule has 1 amide bonds. The third-order valence-corrected chi connectivity index (χ3v) is 2.10. The van der Waals surface area contributed by atoms with Gasteiger partial charge in [-0.05, 0) is 19.1 Å². The molecule has 0 aromatic heterocycles. The van der Waals surface area contributed by atoms with Crippen molar-refractivity contribution in [3.8, 4) is 5.75 Å². The largest absolute Gasteiger partial charge is 0.481 e. The van der Waals surface area contributed by atoms with Crippen LogP contribution >= 0.6 is 0 Å². The molecule has 0 fully saturated rings. The fourth-order valence-corrected chi connectivity index (χ4v) is 1.14. The van der Waals surface area contributed by atoms with Crippen LogP contribution in [0.15, 0.2) is 24.3 Å². The van der Waals surface area contributed by atoms with Gasteiger partial charge in [0.05, 0.1) is 5.56 Å². The number of carbonyl (C=O) groups excluding carboxylic acids is 3. The number of nitrogens with two attached hydrogens (primary N) is 1. The van der Waals surface area contributed by atoms with Crippen molar-refractivity contribution in [1.29, 1.82) is 0 Å². The zero-order chi connectivity index (χ0) is 13.5. The first-order chi connectivity index (χ1) is 8.54. The third kappa shape index (κ3) is 3.89. The molecule has 0 radical (unpaired) electrons. The molecule has 0 aliphatic rings. The Bertz CT molecular complexity index is 458. The molecule has 18 heavy (non-hydrogen) atoms. The van der Waals surface area contributed by atoms with E-state index >= 15 is 0 Å². The number of carbonyl (C=O) groups is 3. The summed E-state index contributed by atoms with van der Waals surface area (Å²) in [5.74, 6) is -1.20. The van der Waals surface area contributed by atoms with Gasteiger partial charge in [0, 0.05) is 0 Å². The lowest BCUT2D eigenvalue weighted by Crippen LogP contribution is -2.32. The molecule has 0 heterocycles. The maximum atomic E-state index is 11.3. The summed E-state index contributed by atoms with van der Waals surface area (Å²) in [7, 11) is 0. The highest BCUT2D eigenvalue weighted by Crippen LogP contribution is 2.15. The van der Waals surface area contributed by atoms with Gasteiger partial charge in [-0.3, -0.25) is 9.59 Å². The molecule has 1 aromatic carbocycles. The van der Waals surface area contributed by atoms with Gasteiger partial charge in [0.2, 0.25) is 0 Å². The van der Waals surface area contributed by atoms with Crippen molar-refractivity contribution in [2.24, 2.45) is 5.73 Å². The molecule has 6 nitrogen and oxygen atoms in total. The van der Waals surface area contributed by atoms with E-state index in [0.29, 0.717) is 11.8 Å². The normalized spacial score (nSPS) is 11.4. The number of primary amides is 1. The van der Waals surface area contributed by atoms with E-state index in [9.17, 15) is 14.4 Å². The van der Waals surface area contributed by atoms with Gasteiger partial charge in [-0.2, -0.15) is 0 Å². The van der Waals surface area contributed by atoms with Crippen molar-refractivity contribution < 1.29 is 23.9 Å². The molecular weight excluding hydrogens is 238 g/mol. The van der Waals surface area contributed by atoms with E-state index in [1.165, 1.54) is 6.92 Å². The number of hydrogen-bond donors (Lipinski definition) is 1. The number of ether oxygens (including phenoxy) is 2. The van der Waals surface area contributed by atoms with Crippen LogP contribution in [0.2, 0.25) is 0 Å². The van der Waals surface area contributed by atoms with E-state index in [1.54, 1.807) is 24.3 Å². The van der Waals surface area contributed by atoms with Crippen LogP contribution in [0.3, 0.4) is 0 Å². The Hall–Kier alpha value is -2.37. The molecular formula is C12H13NO5. The SMILES string of the molecule is C[C@H](OC(=O)COc1ccccc1C=O)C(N)=O. The number of rotatable bonds is 6. The molecule has 0 spiro atoms. The highest BCUT2D eigenvalue weighted by atomic mass is 16.6. The van der Waals surface area contributed by atoms with E-state index < -0.39 is 24.6 Å². The lowest BCUT2D eigenvalue weighted by atomic mass is 10.2. The Labute approximate surface area is 104 Å². The number of hydrogen-bond acceptors (Lipinski definition) is 5. The van der Waals surface area contributed by atoms with Gasteiger partial charge in [0.15, 0.2) is 19.0 Å². The number of aldehydes is 1. The van der Waals surface area contributed by atoms with Crippen molar-refractivity contribution in [3.05, 3.63) is 29.8 Å². The van der Waals surface area contributed by atoms with Crippen LogP contribution in [0.5, 0.6) is 5.75 Å². The fraction of sp³-hybridized carbons (Fsp3) is 0.250. The lowest BCUT2D eigenvalue weighted by molar-refractivity contribution is -0.155. The Morgan fingerprint density at radius 3 is 2.67 bits per heavy atom. The molecule has 6 heteroatoms. The van der Waals surface area contributed by atoms with Crippen LogP contribution in [0.25, 0.3) is 0 Å². The molecule has 96 valence electrons. The molecule has 0 aliphatic heterocycles. The standard InChI is InChI=1S/C12H13NO5/c1-8(12(13)16)18-11(15)7-17-10-5-3-2-4-9(10)6-14/h2-6,8H,7H2,1H3,(H2,13,16)/t8-/m0/s1. The average molecular weight is 251 g/mol. The molecule has 0 bridgehead atoms. The molecule has 1 rings (SSSR count). The molecule has 0 saturated heterocycles. The van der Waals surface area contributed by atoms with Crippen LogP contribution < -0.4 is 10.5 Å². The number of para-hydroxylation sites is 1. The minimum absolute atomic E-state index is 0.274. The Balaban J connectivity index is 2.52. The second kappa shape index (κ2) is 6.39.